The second-order valence-electron chi connectivity index (χ2n) is 6.04. The van der Waals surface area contributed by atoms with Gasteiger partial charge in [-0.15, -0.1) is 11.3 Å². The van der Waals surface area contributed by atoms with Crippen LogP contribution in [0.4, 0.5) is 0 Å². The molecule has 2 unspecified atom stereocenters. The molecule has 2 atom stereocenters. The van der Waals surface area contributed by atoms with Gasteiger partial charge in [-0.05, 0) is 36.3 Å². The van der Waals surface area contributed by atoms with Crippen molar-refractivity contribution in [2.24, 2.45) is 0 Å². The largest absolute Gasteiger partial charge is 0.389 e. The monoisotopic (exact) mass is 323 g/mol. The van der Waals surface area contributed by atoms with Gasteiger partial charge in [-0.1, -0.05) is 12.1 Å². The van der Waals surface area contributed by atoms with E-state index in [-0.39, 0.29) is 6.10 Å². The van der Waals surface area contributed by atoms with E-state index in [1.165, 1.54) is 10.5 Å². The first-order valence-electron chi connectivity index (χ1n) is 8.14. The minimum absolute atomic E-state index is 0.235. The quantitative estimate of drug-likeness (QED) is 0.837. The predicted octanol–water partition coefficient (Wildman–Crippen LogP) is 2.39. The molecule has 1 aromatic heterocycles. The van der Waals surface area contributed by atoms with Crippen LogP contribution in [0.25, 0.3) is 5.57 Å². The summed E-state index contributed by atoms with van der Waals surface area (Å²) in [5, 5.41) is 12.2. The minimum Gasteiger partial charge on any atom is -0.389 e. The molecule has 1 saturated heterocycles. The Bertz CT molecular complexity index is 468. The number of aliphatic hydroxyl groups is 1. The van der Waals surface area contributed by atoms with Crippen LogP contribution in [0.2, 0.25) is 0 Å². The first-order chi connectivity index (χ1) is 10.8. The van der Waals surface area contributed by atoms with E-state index in [1.54, 1.807) is 11.3 Å². The number of aliphatic hydroxyl groups excluding tert-OH is 1. The van der Waals surface area contributed by atoms with Crippen LogP contribution in [0.1, 0.15) is 24.1 Å². The highest BCUT2D eigenvalue weighted by Crippen LogP contribution is 2.26. The molecular formula is C17H25NO3S. The Morgan fingerprint density at radius 3 is 3.14 bits per heavy atom. The third-order valence-electron chi connectivity index (χ3n) is 4.24. The van der Waals surface area contributed by atoms with Crippen LogP contribution in [0, 0.1) is 0 Å². The van der Waals surface area contributed by atoms with Crippen LogP contribution in [0.15, 0.2) is 23.6 Å². The van der Waals surface area contributed by atoms with Gasteiger partial charge in [-0.25, -0.2) is 0 Å². The third kappa shape index (κ3) is 4.64. The van der Waals surface area contributed by atoms with Crippen LogP contribution in [-0.4, -0.2) is 61.7 Å². The number of thiophene rings is 1. The fourth-order valence-electron chi connectivity index (χ4n) is 3.02. The van der Waals surface area contributed by atoms with Crippen LogP contribution in [0.5, 0.6) is 0 Å². The zero-order chi connectivity index (χ0) is 15.2. The Kier molecular flexibility index (Phi) is 6.04. The summed E-state index contributed by atoms with van der Waals surface area (Å²) in [7, 11) is 0. The van der Waals surface area contributed by atoms with Gasteiger partial charge in [0, 0.05) is 31.1 Å². The van der Waals surface area contributed by atoms with Crippen molar-refractivity contribution in [1.29, 1.82) is 0 Å². The number of β-amino-alcohol motifs (C(OH)–C–C–N with tert-alkyl or cyclic N) is 1. The summed E-state index contributed by atoms with van der Waals surface area (Å²) in [6, 6.07) is 4.28. The summed E-state index contributed by atoms with van der Waals surface area (Å²) < 4.78 is 11.1. The molecule has 0 aliphatic carbocycles. The van der Waals surface area contributed by atoms with Gasteiger partial charge in [0.2, 0.25) is 0 Å². The number of hydrogen-bond donors (Lipinski definition) is 1. The topological polar surface area (TPSA) is 41.9 Å². The van der Waals surface area contributed by atoms with Crippen molar-refractivity contribution >= 4 is 16.9 Å². The van der Waals surface area contributed by atoms with Gasteiger partial charge in [0.25, 0.3) is 0 Å². The number of nitrogens with zero attached hydrogens (tertiary/aromatic N) is 1. The molecule has 2 aliphatic heterocycles. The Morgan fingerprint density at radius 1 is 1.50 bits per heavy atom. The van der Waals surface area contributed by atoms with E-state index in [9.17, 15) is 5.11 Å². The lowest BCUT2D eigenvalue weighted by molar-refractivity contribution is -0.0244. The van der Waals surface area contributed by atoms with E-state index in [1.807, 2.05) is 0 Å². The van der Waals surface area contributed by atoms with Crippen molar-refractivity contribution < 1.29 is 14.6 Å². The SMILES string of the molecule is OC(COCC1CCCO1)CN1CC=C(c2cccs2)CC1. The third-order valence-corrected chi connectivity index (χ3v) is 5.18. The summed E-state index contributed by atoms with van der Waals surface area (Å²) in [4.78, 5) is 3.66. The Morgan fingerprint density at radius 2 is 2.45 bits per heavy atom. The van der Waals surface area contributed by atoms with Gasteiger partial charge in [-0.2, -0.15) is 0 Å². The molecule has 1 N–H and O–H groups in total. The maximum Gasteiger partial charge on any atom is 0.0900 e. The Balaban J connectivity index is 1.35. The predicted molar refractivity (Wildman–Crippen MR) is 89.2 cm³/mol. The van der Waals surface area contributed by atoms with Crippen molar-refractivity contribution in [3.05, 3.63) is 28.5 Å². The molecule has 0 aromatic carbocycles. The average molecular weight is 323 g/mol. The Hall–Kier alpha value is -0.720. The van der Waals surface area contributed by atoms with Crippen molar-refractivity contribution in [1.82, 2.24) is 4.90 Å². The molecule has 0 spiro atoms. The van der Waals surface area contributed by atoms with Crippen LogP contribution >= 0.6 is 11.3 Å². The molecule has 22 heavy (non-hydrogen) atoms. The molecule has 0 amide bonds. The van der Waals surface area contributed by atoms with Gasteiger partial charge in [-0.3, -0.25) is 4.90 Å². The molecular weight excluding hydrogens is 298 g/mol. The lowest BCUT2D eigenvalue weighted by Gasteiger charge is -2.28. The molecule has 122 valence electrons. The Labute approximate surface area is 136 Å². The molecule has 3 heterocycles. The molecule has 2 aliphatic rings. The van der Waals surface area contributed by atoms with E-state index in [2.05, 4.69) is 28.5 Å². The molecule has 0 saturated carbocycles. The van der Waals surface area contributed by atoms with E-state index in [0.717, 1.165) is 39.0 Å². The van der Waals surface area contributed by atoms with Gasteiger partial charge in [0.1, 0.15) is 0 Å². The number of rotatable bonds is 7. The van der Waals surface area contributed by atoms with Gasteiger partial charge < -0.3 is 14.6 Å². The van der Waals surface area contributed by atoms with Crippen molar-refractivity contribution in [3.63, 3.8) is 0 Å². The highest BCUT2D eigenvalue weighted by atomic mass is 32.1. The molecule has 0 bridgehead atoms. The second kappa shape index (κ2) is 8.22. The van der Waals surface area contributed by atoms with Gasteiger partial charge in [0.05, 0.1) is 25.4 Å². The minimum atomic E-state index is -0.418. The second-order valence-corrected chi connectivity index (χ2v) is 6.99. The van der Waals surface area contributed by atoms with Gasteiger partial charge in [0.15, 0.2) is 0 Å². The normalized spacial score (nSPS) is 24.4. The summed E-state index contributed by atoms with van der Waals surface area (Å²) in [6.45, 7) is 4.46. The lowest BCUT2D eigenvalue weighted by Crippen LogP contribution is -2.37. The first kappa shape index (κ1) is 16.1. The van der Waals surface area contributed by atoms with Gasteiger partial charge >= 0.3 is 0 Å². The zero-order valence-corrected chi connectivity index (χ0v) is 13.8. The zero-order valence-electron chi connectivity index (χ0n) is 12.9. The molecule has 5 heteroatoms. The van der Waals surface area contributed by atoms with Crippen LogP contribution in [-0.2, 0) is 9.47 Å². The van der Waals surface area contributed by atoms with E-state index in [0.29, 0.717) is 19.8 Å². The number of hydrogen-bond acceptors (Lipinski definition) is 5. The van der Waals surface area contributed by atoms with Crippen molar-refractivity contribution in [2.75, 3.05) is 39.5 Å². The smallest absolute Gasteiger partial charge is 0.0900 e. The highest BCUT2D eigenvalue weighted by molar-refractivity contribution is 7.11. The van der Waals surface area contributed by atoms with Crippen LogP contribution in [0.3, 0.4) is 0 Å². The summed E-state index contributed by atoms with van der Waals surface area (Å²) in [6.07, 6.45) is 5.37. The van der Waals surface area contributed by atoms with E-state index < -0.39 is 6.10 Å². The molecule has 3 rings (SSSR count). The summed E-state index contributed by atoms with van der Waals surface area (Å²) >= 11 is 1.80. The first-order valence-corrected chi connectivity index (χ1v) is 9.02. The summed E-state index contributed by atoms with van der Waals surface area (Å²) in [5.41, 5.74) is 1.44. The fraction of sp³-hybridized carbons (Fsp3) is 0.647. The van der Waals surface area contributed by atoms with E-state index >= 15 is 0 Å². The maximum absolute atomic E-state index is 10.1. The van der Waals surface area contributed by atoms with Crippen molar-refractivity contribution in [3.8, 4) is 0 Å². The molecule has 1 aromatic rings. The molecule has 0 radical (unpaired) electrons. The maximum atomic E-state index is 10.1. The van der Waals surface area contributed by atoms with Crippen LogP contribution < -0.4 is 0 Å². The highest BCUT2D eigenvalue weighted by Gasteiger charge is 2.18. The van der Waals surface area contributed by atoms with Crippen molar-refractivity contribution in [2.45, 2.75) is 31.5 Å². The number of ether oxygens (including phenoxy) is 2. The summed E-state index contributed by atoms with van der Waals surface area (Å²) in [5.74, 6) is 0. The lowest BCUT2D eigenvalue weighted by atomic mass is 10.1. The average Bonchev–Trinajstić information content (AvgIpc) is 3.21. The van der Waals surface area contributed by atoms with E-state index in [4.69, 9.17) is 9.47 Å². The molecule has 1 fully saturated rings. The standard InChI is InChI=1S/C17H25NO3S/c19-15(12-20-13-16-3-1-9-21-16)11-18-7-5-14(6-8-18)17-4-2-10-22-17/h2,4-5,10,15-16,19H,1,3,6-9,11-13H2. The fourth-order valence-corrected chi connectivity index (χ4v) is 3.82. The molecule has 4 nitrogen and oxygen atoms in total.